The van der Waals surface area contributed by atoms with Gasteiger partial charge in [-0.15, -0.1) is 0 Å². The number of amides is 1. The molecule has 17 heavy (non-hydrogen) atoms. The molecular weight excluding hydrogens is 225 g/mol. The van der Waals surface area contributed by atoms with E-state index in [9.17, 15) is 14.0 Å². The van der Waals surface area contributed by atoms with Gasteiger partial charge < -0.3 is 10.1 Å². The summed E-state index contributed by atoms with van der Waals surface area (Å²) in [4.78, 5) is 22.5. The topological polar surface area (TPSA) is 55.4 Å². The van der Waals surface area contributed by atoms with E-state index >= 15 is 0 Å². The van der Waals surface area contributed by atoms with Gasteiger partial charge in [0, 0.05) is 0 Å². The maximum absolute atomic E-state index is 13.6. The Morgan fingerprint density at radius 2 is 1.94 bits per heavy atom. The molecule has 5 heteroatoms. The number of ether oxygens (including phenoxy) is 1. The average molecular weight is 239 g/mol. The van der Waals surface area contributed by atoms with Gasteiger partial charge in [0.15, 0.2) is 0 Å². The van der Waals surface area contributed by atoms with Gasteiger partial charge in [0.25, 0.3) is 5.79 Å². The van der Waals surface area contributed by atoms with E-state index in [0.717, 1.165) is 19.6 Å². The van der Waals surface area contributed by atoms with Crippen molar-refractivity contribution in [1.29, 1.82) is 0 Å². The first-order chi connectivity index (χ1) is 7.95. The Kier molecular flexibility index (Phi) is 4.20. The number of benzene rings is 1. The fraction of sp³-hybridized carbons (Fsp3) is 0.333. The standard InChI is InChI=1S/C12H14FNO3/c1-12(13,11(16)17-2)14-10(15)8-9-6-4-3-5-7-9/h3-7H,8H2,1-2H3,(H,14,15)/t12-/m0/s1. The summed E-state index contributed by atoms with van der Waals surface area (Å²) in [7, 11) is 1.06. The molecule has 0 bridgehead atoms. The number of halogens is 1. The molecular formula is C12H14FNO3. The number of rotatable bonds is 4. The highest BCUT2D eigenvalue weighted by Gasteiger charge is 2.35. The van der Waals surface area contributed by atoms with Crippen LogP contribution in [0.2, 0.25) is 0 Å². The lowest BCUT2D eigenvalue weighted by molar-refractivity contribution is -0.158. The molecule has 0 saturated carbocycles. The zero-order chi connectivity index (χ0) is 12.9. The van der Waals surface area contributed by atoms with Crippen LogP contribution < -0.4 is 5.32 Å². The number of hydrogen-bond acceptors (Lipinski definition) is 3. The minimum absolute atomic E-state index is 0.0113. The number of alkyl halides is 1. The molecule has 1 atom stereocenters. The molecule has 0 aliphatic carbocycles. The normalized spacial score (nSPS) is 13.6. The van der Waals surface area contributed by atoms with Crippen molar-refractivity contribution >= 4 is 11.9 Å². The SMILES string of the molecule is COC(=O)[C@@](C)(F)NC(=O)Cc1ccccc1. The van der Waals surface area contributed by atoms with Crippen molar-refractivity contribution in [2.45, 2.75) is 19.1 Å². The van der Waals surface area contributed by atoms with Gasteiger partial charge in [-0.3, -0.25) is 4.79 Å². The Morgan fingerprint density at radius 1 is 1.35 bits per heavy atom. The summed E-state index contributed by atoms with van der Waals surface area (Å²) in [6.45, 7) is 0.946. The van der Waals surface area contributed by atoms with Gasteiger partial charge in [-0.05, 0) is 12.5 Å². The van der Waals surface area contributed by atoms with E-state index in [2.05, 4.69) is 4.74 Å². The Labute approximate surface area is 98.8 Å². The maximum atomic E-state index is 13.6. The van der Waals surface area contributed by atoms with Crippen LogP contribution in [0.5, 0.6) is 0 Å². The third kappa shape index (κ3) is 3.86. The molecule has 0 fully saturated rings. The van der Waals surface area contributed by atoms with Crippen molar-refractivity contribution in [2.75, 3.05) is 7.11 Å². The number of carbonyl (C=O) groups excluding carboxylic acids is 2. The van der Waals surface area contributed by atoms with Crippen molar-refractivity contribution in [3.63, 3.8) is 0 Å². The highest BCUT2D eigenvalue weighted by molar-refractivity contribution is 5.87. The van der Waals surface area contributed by atoms with E-state index in [1.165, 1.54) is 0 Å². The van der Waals surface area contributed by atoms with Gasteiger partial charge in [0.05, 0.1) is 13.5 Å². The van der Waals surface area contributed by atoms with Crippen LogP contribution in [0.3, 0.4) is 0 Å². The van der Waals surface area contributed by atoms with Crippen molar-refractivity contribution in [2.24, 2.45) is 0 Å². The molecule has 1 amide bonds. The Morgan fingerprint density at radius 3 is 2.47 bits per heavy atom. The fourth-order valence-corrected chi connectivity index (χ4v) is 1.33. The average Bonchev–Trinajstić information content (AvgIpc) is 2.28. The van der Waals surface area contributed by atoms with E-state index in [1.807, 2.05) is 11.4 Å². The van der Waals surface area contributed by atoms with Gasteiger partial charge in [-0.1, -0.05) is 30.3 Å². The van der Waals surface area contributed by atoms with Crippen LogP contribution in [-0.2, 0) is 20.7 Å². The summed E-state index contributed by atoms with van der Waals surface area (Å²) >= 11 is 0. The molecule has 1 aromatic carbocycles. The molecule has 0 aliphatic heterocycles. The fourth-order valence-electron chi connectivity index (χ4n) is 1.33. The molecule has 0 aromatic heterocycles. The van der Waals surface area contributed by atoms with Gasteiger partial charge in [0.1, 0.15) is 0 Å². The Hall–Kier alpha value is -1.91. The smallest absolute Gasteiger partial charge is 0.364 e. The third-order valence-corrected chi connectivity index (χ3v) is 2.15. The second kappa shape index (κ2) is 5.43. The van der Waals surface area contributed by atoms with E-state index in [-0.39, 0.29) is 6.42 Å². The lowest BCUT2D eigenvalue weighted by Crippen LogP contribution is -2.49. The largest absolute Gasteiger partial charge is 0.465 e. The second-order valence-corrected chi connectivity index (χ2v) is 3.71. The molecule has 1 N–H and O–H groups in total. The van der Waals surface area contributed by atoms with Crippen molar-refractivity contribution in [1.82, 2.24) is 5.32 Å². The molecule has 1 aromatic rings. The predicted octanol–water partition coefficient (Wildman–Crippen LogP) is 1.20. The van der Waals surface area contributed by atoms with Crippen LogP contribution in [0.25, 0.3) is 0 Å². The molecule has 0 unspecified atom stereocenters. The van der Waals surface area contributed by atoms with Gasteiger partial charge >= 0.3 is 5.97 Å². The van der Waals surface area contributed by atoms with Crippen LogP contribution in [-0.4, -0.2) is 24.8 Å². The van der Waals surface area contributed by atoms with E-state index in [1.54, 1.807) is 24.3 Å². The zero-order valence-corrected chi connectivity index (χ0v) is 9.70. The van der Waals surface area contributed by atoms with Gasteiger partial charge in [-0.2, -0.15) is 0 Å². The summed E-state index contributed by atoms with van der Waals surface area (Å²) in [5.41, 5.74) is 0.741. The van der Waals surface area contributed by atoms with Crippen LogP contribution in [0, 0.1) is 0 Å². The van der Waals surface area contributed by atoms with Crippen LogP contribution >= 0.6 is 0 Å². The predicted molar refractivity (Wildman–Crippen MR) is 59.8 cm³/mol. The lowest BCUT2D eigenvalue weighted by Gasteiger charge is -2.18. The second-order valence-electron chi connectivity index (χ2n) is 3.71. The minimum Gasteiger partial charge on any atom is -0.465 e. The molecule has 92 valence electrons. The molecule has 0 spiro atoms. The molecule has 0 aliphatic rings. The molecule has 0 heterocycles. The summed E-state index contributed by atoms with van der Waals surface area (Å²) in [5.74, 6) is -4.20. The van der Waals surface area contributed by atoms with Gasteiger partial charge in [-0.25, -0.2) is 9.18 Å². The van der Waals surface area contributed by atoms with Gasteiger partial charge in [0.2, 0.25) is 5.91 Å². The maximum Gasteiger partial charge on any atom is 0.364 e. The van der Waals surface area contributed by atoms with Crippen LogP contribution in [0.4, 0.5) is 4.39 Å². The number of hydrogen-bond donors (Lipinski definition) is 1. The summed E-state index contributed by atoms with van der Waals surface area (Å²) in [6.07, 6.45) is 0.0113. The van der Waals surface area contributed by atoms with Crippen LogP contribution in [0.1, 0.15) is 12.5 Å². The summed E-state index contributed by atoms with van der Waals surface area (Å²) in [6, 6.07) is 8.85. The van der Waals surface area contributed by atoms with E-state index < -0.39 is 17.7 Å². The summed E-state index contributed by atoms with van der Waals surface area (Å²) in [5, 5.41) is 1.98. The number of methoxy groups -OCH3 is 1. The third-order valence-electron chi connectivity index (χ3n) is 2.15. The minimum atomic E-state index is -2.50. The zero-order valence-electron chi connectivity index (χ0n) is 9.70. The lowest BCUT2D eigenvalue weighted by atomic mass is 10.1. The van der Waals surface area contributed by atoms with Crippen molar-refractivity contribution in [3.05, 3.63) is 35.9 Å². The summed E-state index contributed by atoms with van der Waals surface area (Å²) < 4.78 is 17.9. The molecule has 0 saturated heterocycles. The number of esters is 1. The Bertz CT molecular complexity index is 403. The van der Waals surface area contributed by atoms with E-state index in [4.69, 9.17) is 0 Å². The monoisotopic (exact) mass is 239 g/mol. The van der Waals surface area contributed by atoms with Crippen LogP contribution in [0.15, 0.2) is 30.3 Å². The first-order valence-electron chi connectivity index (χ1n) is 5.08. The number of carbonyl (C=O) groups is 2. The first-order valence-corrected chi connectivity index (χ1v) is 5.08. The highest BCUT2D eigenvalue weighted by atomic mass is 19.1. The molecule has 1 rings (SSSR count). The first kappa shape index (κ1) is 13.2. The number of nitrogens with one attached hydrogen (secondary N) is 1. The van der Waals surface area contributed by atoms with Crippen molar-refractivity contribution in [3.8, 4) is 0 Å². The Balaban J connectivity index is 2.59. The molecule has 4 nitrogen and oxygen atoms in total. The van der Waals surface area contributed by atoms with Crippen molar-refractivity contribution < 1.29 is 18.7 Å². The highest BCUT2D eigenvalue weighted by Crippen LogP contribution is 2.08. The quantitative estimate of drug-likeness (QED) is 0.634. The molecule has 0 radical (unpaired) electrons. The van der Waals surface area contributed by atoms with E-state index in [0.29, 0.717) is 0 Å².